The first-order valence-corrected chi connectivity index (χ1v) is 9.54. The molecule has 0 aromatic heterocycles. The van der Waals surface area contributed by atoms with E-state index in [9.17, 15) is 14.0 Å². The number of piperazine rings is 1. The number of methoxy groups -OCH3 is 1. The number of amides is 3. The number of carbonyl (C=O) groups excluding carboxylic acids is 2. The molecule has 2 aromatic carbocycles. The Morgan fingerprint density at radius 3 is 2.48 bits per heavy atom. The van der Waals surface area contributed by atoms with Crippen LogP contribution in [0.4, 0.5) is 14.9 Å². The molecule has 0 bridgehead atoms. The SMILES string of the molecule is COc1ccc(F)cc1C1NC(=O)N(CN2CCN(c3ccccc3)CC2)C1=O. The van der Waals surface area contributed by atoms with Crippen LogP contribution in [0.2, 0.25) is 0 Å². The lowest BCUT2D eigenvalue weighted by Gasteiger charge is -2.37. The number of hydrogen-bond donors (Lipinski definition) is 1. The summed E-state index contributed by atoms with van der Waals surface area (Å²) in [5.74, 6) is -0.522. The van der Waals surface area contributed by atoms with Gasteiger partial charge in [-0.2, -0.15) is 0 Å². The number of nitrogens with one attached hydrogen (secondary N) is 1. The Labute approximate surface area is 168 Å². The number of rotatable bonds is 5. The molecule has 2 fully saturated rings. The van der Waals surface area contributed by atoms with Crippen molar-refractivity contribution >= 4 is 17.6 Å². The van der Waals surface area contributed by atoms with Gasteiger partial charge in [0.1, 0.15) is 17.6 Å². The summed E-state index contributed by atoms with van der Waals surface area (Å²) in [5.41, 5.74) is 1.49. The zero-order chi connectivity index (χ0) is 20.4. The van der Waals surface area contributed by atoms with Crippen LogP contribution < -0.4 is 15.0 Å². The Kier molecular flexibility index (Phi) is 5.35. The fraction of sp³-hybridized carbons (Fsp3) is 0.333. The largest absolute Gasteiger partial charge is 0.496 e. The number of anilines is 1. The van der Waals surface area contributed by atoms with Crippen LogP contribution in [0.15, 0.2) is 48.5 Å². The Bertz CT molecular complexity index is 900. The summed E-state index contributed by atoms with van der Waals surface area (Å²) >= 11 is 0. The van der Waals surface area contributed by atoms with Crippen molar-refractivity contribution in [3.05, 3.63) is 59.9 Å². The van der Waals surface area contributed by atoms with Gasteiger partial charge in [0.25, 0.3) is 5.91 Å². The molecule has 2 aromatic rings. The van der Waals surface area contributed by atoms with Crippen LogP contribution in [0, 0.1) is 5.82 Å². The van der Waals surface area contributed by atoms with Gasteiger partial charge in [-0.05, 0) is 30.3 Å². The number of para-hydroxylation sites is 1. The quantitative estimate of drug-likeness (QED) is 0.783. The molecule has 1 atom stereocenters. The van der Waals surface area contributed by atoms with Gasteiger partial charge < -0.3 is 15.0 Å². The van der Waals surface area contributed by atoms with Gasteiger partial charge in [-0.1, -0.05) is 18.2 Å². The summed E-state index contributed by atoms with van der Waals surface area (Å²) in [5, 5.41) is 2.65. The lowest BCUT2D eigenvalue weighted by molar-refractivity contribution is -0.129. The highest BCUT2D eigenvalue weighted by atomic mass is 19.1. The Morgan fingerprint density at radius 2 is 1.79 bits per heavy atom. The first-order valence-electron chi connectivity index (χ1n) is 9.54. The van der Waals surface area contributed by atoms with Gasteiger partial charge in [0, 0.05) is 37.4 Å². The average Bonchev–Trinajstić information content (AvgIpc) is 3.03. The van der Waals surface area contributed by atoms with Crippen LogP contribution in [0.5, 0.6) is 5.75 Å². The van der Waals surface area contributed by atoms with E-state index in [0.29, 0.717) is 11.3 Å². The number of carbonyl (C=O) groups is 2. The number of hydrogen-bond acceptors (Lipinski definition) is 5. The summed E-state index contributed by atoms with van der Waals surface area (Å²) < 4.78 is 18.9. The standard InChI is InChI=1S/C21H23FN4O3/c1-29-18-8-7-15(22)13-17(18)19-20(27)26(21(28)23-19)14-24-9-11-25(12-10-24)16-5-3-2-4-6-16/h2-8,13,19H,9-12,14H2,1H3,(H,23,28). The third kappa shape index (κ3) is 3.88. The highest BCUT2D eigenvalue weighted by Gasteiger charge is 2.41. The second-order valence-electron chi connectivity index (χ2n) is 7.12. The van der Waals surface area contributed by atoms with E-state index in [1.54, 1.807) is 0 Å². The first kappa shape index (κ1) is 19.2. The third-order valence-corrected chi connectivity index (χ3v) is 5.36. The fourth-order valence-corrected chi connectivity index (χ4v) is 3.78. The molecule has 0 saturated carbocycles. The Balaban J connectivity index is 1.41. The van der Waals surface area contributed by atoms with Gasteiger partial charge in [0.2, 0.25) is 0 Å². The summed E-state index contributed by atoms with van der Waals surface area (Å²) in [6, 6.07) is 12.7. The molecule has 7 nitrogen and oxygen atoms in total. The molecule has 152 valence electrons. The molecule has 0 spiro atoms. The molecule has 1 unspecified atom stereocenters. The Morgan fingerprint density at radius 1 is 1.07 bits per heavy atom. The minimum absolute atomic E-state index is 0.210. The minimum Gasteiger partial charge on any atom is -0.496 e. The van der Waals surface area contributed by atoms with Crippen LogP contribution in [-0.4, -0.2) is 61.7 Å². The van der Waals surface area contributed by atoms with Gasteiger partial charge in [-0.3, -0.25) is 9.69 Å². The van der Waals surface area contributed by atoms with Crippen molar-refractivity contribution in [1.82, 2.24) is 15.1 Å². The number of ether oxygens (including phenoxy) is 1. The zero-order valence-corrected chi connectivity index (χ0v) is 16.2. The molecule has 8 heteroatoms. The number of benzene rings is 2. The average molecular weight is 398 g/mol. The number of imide groups is 1. The van der Waals surface area contributed by atoms with Crippen LogP contribution in [0.3, 0.4) is 0 Å². The molecule has 2 saturated heterocycles. The second kappa shape index (κ2) is 8.08. The van der Waals surface area contributed by atoms with Crippen molar-refractivity contribution in [2.24, 2.45) is 0 Å². The molecular weight excluding hydrogens is 375 g/mol. The van der Waals surface area contributed by atoms with E-state index in [1.807, 2.05) is 18.2 Å². The van der Waals surface area contributed by atoms with E-state index in [1.165, 1.54) is 35.9 Å². The predicted octanol–water partition coefficient (Wildman–Crippen LogP) is 2.21. The summed E-state index contributed by atoms with van der Waals surface area (Å²) in [6.45, 7) is 3.31. The molecule has 0 aliphatic carbocycles. The summed E-state index contributed by atoms with van der Waals surface area (Å²) in [6.07, 6.45) is 0. The van der Waals surface area contributed by atoms with Crippen LogP contribution in [0.1, 0.15) is 11.6 Å². The molecule has 2 aliphatic heterocycles. The third-order valence-electron chi connectivity index (χ3n) is 5.36. The van der Waals surface area contributed by atoms with E-state index in [4.69, 9.17) is 4.74 Å². The van der Waals surface area contributed by atoms with Gasteiger partial charge in [0.05, 0.1) is 13.8 Å². The predicted molar refractivity (Wildman–Crippen MR) is 106 cm³/mol. The molecular formula is C21H23FN4O3. The normalized spacial score (nSPS) is 20.1. The maximum absolute atomic E-state index is 13.7. The summed E-state index contributed by atoms with van der Waals surface area (Å²) in [7, 11) is 1.45. The summed E-state index contributed by atoms with van der Waals surface area (Å²) in [4.78, 5) is 30.9. The first-order chi connectivity index (χ1) is 14.1. The fourth-order valence-electron chi connectivity index (χ4n) is 3.78. The van der Waals surface area contributed by atoms with E-state index in [-0.39, 0.29) is 6.67 Å². The zero-order valence-electron chi connectivity index (χ0n) is 16.2. The van der Waals surface area contributed by atoms with Crippen molar-refractivity contribution in [2.75, 3.05) is 44.9 Å². The van der Waals surface area contributed by atoms with Crippen LogP contribution in [0.25, 0.3) is 0 Å². The minimum atomic E-state index is -0.946. The lowest BCUT2D eigenvalue weighted by Crippen LogP contribution is -2.51. The Hall–Kier alpha value is -3.13. The molecule has 0 radical (unpaired) electrons. The highest BCUT2D eigenvalue weighted by molar-refractivity contribution is 6.04. The van der Waals surface area contributed by atoms with Crippen molar-refractivity contribution in [1.29, 1.82) is 0 Å². The lowest BCUT2D eigenvalue weighted by atomic mass is 10.1. The number of halogens is 1. The van der Waals surface area contributed by atoms with Gasteiger partial charge in [-0.15, -0.1) is 0 Å². The van der Waals surface area contributed by atoms with Crippen LogP contribution in [-0.2, 0) is 4.79 Å². The van der Waals surface area contributed by atoms with Gasteiger partial charge in [0.15, 0.2) is 0 Å². The van der Waals surface area contributed by atoms with Crippen molar-refractivity contribution in [3.63, 3.8) is 0 Å². The molecule has 2 aliphatic rings. The maximum Gasteiger partial charge on any atom is 0.326 e. The molecule has 3 amide bonds. The molecule has 1 N–H and O–H groups in total. The van der Waals surface area contributed by atoms with E-state index in [2.05, 4.69) is 27.2 Å². The number of nitrogens with zero attached hydrogens (tertiary/aromatic N) is 3. The van der Waals surface area contributed by atoms with E-state index < -0.39 is 23.8 Å². The topological polar surface area (TPSA) is 65.1 Å². The van der Waals surface area contributed by atoms with Crippen LogP contribution >= 0.6 is 0 Å². The monoisotopic (exact) mass is 398 g/mol. The molecule has 2 heterocycles. The maximum atomic E-state index is 13.7. The van der Waals surface area contributed by atoms with Crippen molar-refractivity contribution < 1.29 is 18.7 Å². The molecule has 4 rings (SSSR count). The number of urea groups is 1. The molecule has 29 heavy (non-hydrogen) atoms. The smallest absolute Gasteiger partial charge is 0.326 e. The van der Waals surface area contributed by atoms with Crippen molar-refractivity contribution in [3.8, 4) is 5.75 Å². The second-order valence-corrected chi connectivity index (χ2v) is 7.12. The highest BCUT2D eigenvalue weighted by Crippen LogP contribution is 2.30. The van der Waals surface area contributed by atoms with Crippen molar-refractivity contribution in [2.45, 2.75) is 6.04 Å². The van der Waals surface area contributed by atoms with E-state index in [0.717, 1.165) is 26.2 Å². The van der Waals surface area contributed by atoms with Gasteiger partial charge >= 0.3 is 6.03 Å². The van der Waals surface area contributed by atoms with Gasteiger partial charge in [-0.25, -0.2) is 14.1 Å². The van der Waals surface area contributed by atoms with E-state index >= 15 is 0 Å².